The highest BCUT2D eigenvalue weighted by Crippen LogP contribution is 2.11. The van der Waals surface area contributed by atoms with Crippen LogP contribution in [0, 0.1) is 6.92 Å². The lowest BCUT2D eigenvalue weighted by Crippen LogP contribution is -2.24. The molecule has 2 amide bonds. The maximum absolute atomic E-state index is 12.2. The maximum atomic E-state index is 12.2. The molecule has 0 aliphatic heterocycles. The van der Waals surface area contributed by atoms with Crippen LogP contribution in [0.25, 0.3) is 0 Å². The molecule has 2 rings (SSSR count). The molecule has 0 fully saturated rings. The van der Waals surface area contributed by atoms with Gasteiger partial charge in [-0.05, 0) is 56.5 Å². The van der Waals surface area contributed by atoms with Gasteiger partial charge in [0.1, 0.15) is 0 Å². The minimum absolute atomic E-state index is 0.0612. The molecular formula is C24H32N4O2. The van der Waals surface area contributed by atoms with Gasteiger partial charge < -0.3 is 16.0 Å². The molecule has 0 atom stereocenters. The van der Waals surface area contributed by atoms with Crippen molar-refractivity contribution in [1.29, 1.82) is 0 Å². The second-order valence-electron chi connectivity index (χ2n) is 7.33. The van der Waals surface area contributed by atoms with Crippen LogP contribution >= 0.6 is 0 Å². The molecule has 2 aromatic carbocycles. The Kier molecular flexibility index (Phi) is 10.1. The van der Waals surface area contributed by atoms with Gasteiger partial charge in [-0.2, -0.15) is 0 Å². The van der Waals surface area contributed by atoms with E-state index in [2.05, 4.69) is 52.1 Å². The summed E-state index contributed by atoms with van der Waals surface area (Å²) in [5.74, 6) is 0.769. The number of amidine groups is 1. The smallest absolute Gasteiger partial charge is 0.251 e. The first-order chi connectivity index (χ1) is 14.6. The second kappa shape index (κ2) is 13.1. The summed E-state index contributed by atoms with van der Waals surface area (Å²) in [7, 11) is 0. The molecule has 0 unspecified atom stereocenters. The third kappa shape index (κ3) is 8.90. The molecule has 0 heterocycles. The highest BCUT2D eigenvalue weighted by atomic mass is 16.1. The normalized spacial score (nSPS) is 11.1. The monoisotopic (exact) mass is 408 g/mol. The summed E-state index contributed by atoms with van der Waals surface area (Å²) < 4.78 is 0. The van der Waals surface area contributed by atoms with Gasteiger partial charge in [0.15, 0.2) is 0 Å². The van der Waals surface area contributed by atoms with E-state index >= 15 is 0 Å². The zero-order valence-corrected chi connectivity index (χ0v) is 17.9. The number of nitrogens with one attached hydrogen (secondary N) is 3. The molecule has 0 aromatic heterocycles. The summed E-state index contributed by atoms with van der Waals surface area (Å²) in [6, 6.07) is 15.8. The fraction of sp³-hybridized carbons (Fsp3) is 0.375. The first kappa shape index (κ1) is 23.1. The molecule has 0 radical (unpaired) electrons. The Labute approximate surface area is 179 Å². The Bertz CT molecular complexity index is 814. The Morgan fingerprint density at radius 2 is 1.60 bits per heavy atom. The van der Waals surface area contributed by atoms with Gasteiger partial charge >= 0.3 is 0 Å². The molecule has 6 nitrogen and oxygen atoms in total. The molecule has 0 spiro atoms. The van der Waals surface area contributed by atoms with Gasteiger partial charge in [0, 0.05) is 24.3 Å². The lowest BCUT2D eigenvalue weighted by atomic mass is 10.1. The van der Waals surface area contributed by atoms with Crippen molar-refractivity contribution in [2.75, 3.05) is 18.4 Å². The van der Waals surface area contributed by atoms with Crippen LogP contribution in [0.5, 0.6) is 0 Å². The fourth-order valence-corrected chi connectivity index (χ4v) is 2.93. The number of hydrogen-bond acceptors (Lipinski definition) is 3. The third-order valence-electron chi connectivity index (χ3n) is 4.71. The van der Waals surface area contributed by atoms with Crippen LogP contribution in [-0.4, -0.2) is 31.2 Å². The van der Waals surface area contributed by atoms with E-state index in [1.54, 1.807) is 0 Å². The highest BCUT2D eigenvalue weighted by Gasteiger charge is 2.05. The molecule has 6 heteroatoms. The zero-order chi connectivity index (χ0) is 21.6. The van der Waals surface area contributed by atoms with E-state index < -0.39 is 0 Å². The minimum Gasteiger partial charge on any atom is -0.359 e. The average Bonchev–Trinajstić information content (AvgIpc) is 2.75. The van der Waals surface area contributed by atoms with Gasteiger partial charge in [-0.3, -0.25) is 14.6 Å². The van der Waals surface area contributed by atoms with Gasteiger partial charge in [0.25, 0.3) is 5.91 Å². The summed E-state index contributed by atoms with van der Waals surface area (Å²) in [6.45, 7) is 6.01. The van der Waals surface area contributed by atoms with E-state index in [0.29, 0.717) is 25.2 Å². The number of carbonyl (C=O) groups is 2. The van der Waals surface area contributed by atoms with Gasteiger partial charge in [-0.1, -0.05) is 42.7 Å². The Morgan fingerprint density at radius 3 is 2.27 bits per heavy atom. The number of aliphatic imine (C=N–C) groups is 1. The quantitative estimate of drug-likeness (QED) is 0.214. The number of hydrogen-bond donors (Lipinski definition) is 3. The van der Waals surface area contributed by atoms with Crippen molar-refractivity contribution in [3.05, 3.63) is 65.2 Å². The summed E-state index contributed by atoms with van der Waals surface area (Å²) in [4.78, 5) is 26.9. The van der Waals surface area contributed by atoms with Crippen LogP contribution in [0.4, 0.5) is 5.69 Å². The first-order valence-corrected chi connectivity index (χ1v) is 10.5. The molecule has 160 valence electrons. The van der Waals surface area contributed by atoms with Crippen LogP contribution in [0.15, 0.2) is 53.5 Å². The first-order valence-electron chi connectivity index (χ1n) is 10.5. The van der Waals surface area contributed by atoms with Gasteiger partial charge in [0.2, 0.25) is 6.41 Å². The van der Waals surface area contributed by atoms with Crippen molar-refractivity contribution < 1.29 is 9.59 Å². The number of carbonyl (C=O) groups excluding carboxylic acids is 2. The number of rotatable bonds is 12. The number of benzene rings is 2. The van der Waals surface area contributed by atoms with Gasteiger partial charge in [-0.15, -0.1) is 0 Å². The topological polar surface area (TPSA) is 82.6 Å². The summed E-state index contributed by atoms with van der Waals surface area (Å²) in [6.07, 6.45) is 4.70. The maximum Gasteiger partial charge on any atom is 0.251 e. The largest absolute Gasteiger partial charge is 0.359 e. The minimum atomic E-state index is -0.0612. The van der Waals surface area contributed by atoms with Crippen LogP contribution in [0.3, 0.4) is 0 Å². The lowest BCUT2D eigenvalue weighted by molar-refractivity contribution is -0.109. The van der Waals surface area contributed by atoms with Crippen molar-refractivity contribution in [2.24, 2.45) is 4.99 Å². The van der Waals surface area contributed by atoms with Gasteiger partial charge in [-0.25, -0.2) is 0 Å². The SMILES string of the molecule is CC(=NCc1ccc(C)cc1)Nc1ccc(C(=O)NCCCCCCNC=O)cc1. The highest BCUT2D eigenvalue weighted by molar-refractivity contribution is 5.96. The zero-order valence-electron chi connectivity index (χ0n) is 17.9. The summed E-state index contributed by atoms with van der Waals surface area (Å²) >= 11 is 0. The fourth-order valence-electron chi connectivity index (χ4n) is 2.93. The third-order valence-corrected chi connectivity index (χ3v) is 4.71. The van der Waals surface area contributed by atoms with E-state index in [4.69, 9.17) is 0 Å². The Morgan fingerprint density at radius 1 is 0.933 bits per heavy atom. The predicted octanol–water partition coefficient (Wildman–Crippen LogP) is 4.06. The van der Waals surface area contributed by atoms with Crippen LogP contribution in [0.2, 0.25) is 0 Å². The Balaban J connectivity index is 1.70. The van der Waals surface area contributed by atoms with Crippen LogP contribution < -0.4 is 16.0 Å². The van der Waals surface area contributed by atoms with Crippen molar-refractivity contribution >= 4 is 23.8 Å². The Hall–Kier alpha value is -3.15. The predicted molar refractivity (Wildman–Crippen MR) is 123 cm³/mol. The van der Waals surface area contributed by atoms with E-state index in [1.807, 2.05) is 31.2 Å². The number of amides is 2. The molecule has 0 saturated heterocycles. The summed E-state index contributed by atoms with van der Waals surface area (Å²) in [5.41, 5.74) is 3.96. The number of nitrogens with zero attached hydrogens (tertiary/aromatic N) is 1. The number of aryl methyl sites for hydroxylation is 1. The molecule has 0 saturated carbocycles. The van der Waals surface area contributed by atoms with Crippen molar-refractivity contribution in [1.82, 2.24) is 10.6 Å². The standard InChI is InChI=1S/C24H32N4O2/c1-19-7-9-21(10-8-19)17-27-20(2)28-23-13-11-22(12-14-23)24(30)26-16-6-4-3-5-15-25-18-29/h7-14,18H,3-6,15-17H2,1-2H3,(H,25,29)(H,26,30)(H,27,28). The average molecular weight is 409 g/mol. The number of unbranched alkanes of at least 4 members (excludes halogenated alkanes) is 3. The molecule has 2 aromatic rings. The van der Waals surface area contributed by atoms with Crippen LogP contribution in [-0.2, 0) is 11.3 Å². The molecule has 0 bridgehead atoms. The van der Waals surface area contributed by atoms with Crippen molar-refractivity contribution in [3.8, 4) is 0 Å². The van der Waals surface area contributed by atoms with E-state index in [-0.39, 0.29) is 5.91 Å². The van der Waals surface area contributed by atoms with Crippen molar-refractivity contribution in [3.63, 3.8) is 0 Å². The van der Waals surface area contributed by atoms with E-state index in [1.165, 1.54) is 11.1 Å². The molecule has 0 aliphatic rings. The lowest BCUT2D eigenvalue weighted by Gasteiger charge is -2.08. The molecule has 30 heavy (non-hydrogen) atoms. The van der Waals surface area contributed by atoms with Gasteiger partial charge in [0.05, 0.1) is 12.4 Å². The van der Waals surface area contributed by atoms with E-state index in [9.17, 15) is 9.59 Å². The second-order valence-corrected chi connectivity index (χ2v) is 7.33. The molecule has 3 N–H and O–H groups in total. The molecule has 0 aliphatic carbocycles. The van der Waals surface area contributed by atoms with Crippen LogP contribution in [0.1, 0.15) is 54.1 Å². The molecular weight excluding hydrogens is 376 g/mol. The van der Waals surface area contributed by atoms with E-state index in [0.717, 1.165) is 43.6 Å². The summed E-state index contributed by atoms with van der Waals surface area (Å²) in [5, 5.41) is 8.86. The number of anilines is 1. The van der Waals surface area contributed by atoms with Crippen molar-refractivity contribution in [2.45, 2.75) is 46.1 Å².